The van der Waals surface area contributed by atoms with Crippen molar-refractivity contribution in [2.75, 3.05) is 6.54 Å². The van der Waals surface area contributed by atoms with Crippen LogP contribution in [0.2, 0.25) is 5.02 Å². The van der Waals surface area contributed by atoms with Gasteiger partial charge in [-0.15, -0.1) is 0 Å². The summed E-state index contributed by atoms with van der Waals surface area (Å²) >= 11 is 6.02. The van der Waals surface area contributed by atoms with Crippen LogP contribution in [0.5, 0.6) is 0 Å². The number of hydrogen-bond acceptors (Lipinski definition) is 2. The van der Waals surface area contributed by atoms with Gasteiger partial charge in [0.1, 0.15) is 0 Å². The van der Waals surface area contributed by atoms with Crippen molar-refractivity contribution in [3.8, 4) is 0 Å². The standard InChI is InChI=1S/C9H16ClN3/c1-6(2)9-8(10)5-12-13(9)7(3)4-11/h5-7H,4,11H2,1-3H3. The Balaban J connectivity index is 3.07. The largest absolute Gasteiger partial charge is 0.328 e. The fourth-order valence-corrected chi connectivity index (χ4v) is 1.69. The molecule has 4 heteroatoms. The lowest BCUT2D eigenvalue weighted by Gasteiger charge is -2.15. The first-order valence-electron chi connectivity index (χ1n) is 4.50. The van der Waals surface area contributed by atoms with Crippen LogP contribution in [-0.2, 0) is 0 Å². The van der Waals surface area contributed by atoms with Crippen molar-refractivity contribution in [1.29, 1.82) is 0 Å². The van der Waals surface area contributed by atoms with Crippen LogP contribution in [0.25, 0.3) is 0 Å². The molecule has 1 rings (SSSR count). The van der Waals surface area contributed by atoms with Crippen LogP contribution >= 0.6 is 11.6 Å². The van der Waals surface area contributed by atoms with E-state index in [1.165, 1.54) is 0 Å². The molecular formula is C9H16ClN3. The van der Waals surface area contributed by atoms with Gasteiger partial charge in [-0.25, -0.2) is 0 Å². The molecule has 1 atom stereocenters. The Morgan fingerprint density at radius 2 is 2.15 bits per heavy atom. The summed E-state index contributed by atoms with van der Waals surface area (Å²) in [4.78, 5) is 0. The van der Waals surface area contributed by atoms with Gasteiger partial charge in [-0.1, -0.05) is 25.4 Å². The maximum atomic E-state index is 6.02. The number of hydrogen-bond donors (Lipinski definition) is 1. The van der Waals surface area contributed by atoms with Gasteiger partial charge in [0.15, 0.2) is 0 Å². The van der Waals surface area contributed by atoms with Gasteiger partial charge in [0.25, 0.3) is 0 Å². The molecule has 0 aliphatic heterocycles. The maximum absolute atomic E-state index is 6.02. The van der Waals surface area contributed by atoms with Crippen LogP contribution in [0, 0.1) is 0 Å². The summed E-state index contributed by atoms with van der Waals surface area (Å²) in [5, 5.41) is 4.94. The average molecular weight is 202 g/mol. The Kier molecular flexibility index (Phi) is 3.33. The van der Waals surface area contributed by atoms with Crippen LogP contribution < -0.4 is 5.73 Å². The molecule has 0 radical (unpaired) electrons. The Hall–Kier alpha value is -0.540. The normalized spacial score (nSPS) is 13.7. The van der Waals surface area contributed by atoms with Gasteiger partial charge in [-0.3, -0.25) is 4.68 Å². The molecule has 0 saturated carbocycles. The Morgan fingerprint density at radius 3 is 2.62 bits per heavy atom. The molecule has 1 aromatic rings. The third-order valence-electron chi connectivity index (χ3n) is 2.09. The fraction of sp³-hybridized carbons (Fsp3) is 0.667. The van der Waals surface area contributed by atoms with E-state index in [0.29, 0.717) is 12.5 Å². The third kappa shape index (κ3) is 2.03. The first-order valence-corrected chi connectivity index (χ1v) is 4.88. The molecule has 0 bridgehead atoms. The molecule has 0 spiro atoms. The molecule has 1 heterocycles. The van der Waals surface area contributed by atoms with Gasteiger partial charge >= 0.3 is 0 Å². The van der Waals surface area contributed by atoms with Crippen molar-refractivity contribution in [3.63, 3.8) is 0 Å². The van der Waals surface area contributed by atoms with Crippen molar-refractivity contribution in [2.45, 2.75) is 32.7 Å². The van der Waals surface area contributed by atoms with Crippen molar-refractivity contribution < 1.29 is 0 Å². The monoisotopic (exact) mass is 201 g/mol. The van der Waals surface area contributed by atoms with Gasteiger partial charge in [0, 0.05) is 6.54 Å². The average Bonchev–Trinajstić information content (AvgIpc) is 2.45. The number of nitrogens with zero attached hydrogens (tertiary/aromatic N) is 2. The minimum atomic E-state index is 0.213. The number of halogens is 1. The third-order valence-corrected chi connectivity index (χ3v) is 2.38. The highest BCUT2D eigenvalue weighted by Gasteiger charge is 2.15. The zero-order valence-corrected chi connectivity index (χ0v) is 9.04. The van der Waals surface area contributed by atoms with E-state index in [9.17, 15) is 0 Å². The summed E-state index contributed by atoms with van der Waals surface area (Å²) in [5.74, 6) is 0.379. The molecule has 13 heavy (non-hydrogen) atoms. The van der Waals surface area contributed by atoms with Gasteiger partial charge in [0.05, 0.1) is 23.0 Å². The molecule has 0 aromatic carbocycles. The summed E-state index contributed by atoms with van der Waals surface area (Å²) in [6.07, 6.45) is 1.68. The second-order valence-corrected chi connectivity index (χ2v) is 3.97. The van der Waals surface area contributed by atoms with E-state index in [0.717, 1.165) is 10.7 Å². The zero-order chi connectivity index (χ0) is 10.0. The number of nitrogens with two attached hydrogens (primary N) is 1. The first kappa shape index (κ1) is 10.5. The van der Waals surface area contributed by atoms with E-state index in [1.54, 1.807) is 6.20 Å². The van der Waals surface area contributed by atoms with Gasteiger partial charge in [0.2, 0.25) is 0 Å². The number of aromatic nitrogens is 2. The molecule has 1 unspecified atom stereocenters. The Morgan fingerprint density at radius 1 is 1.54 bits per heavy atom. The lowest BCUT2D eigenvalue weighted by atomic mass is 10.1. The van der Waals surface area contributed by atoms with Crippen LogP contribution in [0.4, 0.5) is 0 Å². The van der Waals surface area contributed by atoms with Crippen molar-refractivity contribution in [2.24, 2.45) is 5.73 Å². The maximum Gasteiger partial charge on any atom is 0.0820 e. The lowest BCUT2D eigenvalue weighted by molar-refractivity contribution is 0.472. The molecule has 0 fully saturated rings. The van der Waals surface area contributed by atoms with Crippen LogP contribution in [0.3, 0.4) is 0 Å². The summed E-state index contributed by atoms with van der Waals surface area (Å²) in [6, 6.07) is 0.213. The molecular weight excluding hydrogens is 186 g/mol. The smallest absolute Gasteiger partial charge is 0.0820 e. The van der Waals surface area contributed by atoms with Gasteiger partial charge in [-0.05, 0) is 12.8 Å². The highest BCUT2D eigenvalue weighted by atomic mass is 35.5. The SMILES string of the molecule is CC(C)c1c(Cl)cnn1C(C)CN. The van der Waals surface area contributed by atoms with Crippen molar-refractivity contribution in [1.82, 2.24) is 9.78 Å². The summed E-state index contributed by atoms with van der Waals surface area (Å²) in [6.45, 7) is 6.82. The second kappa shape index (κ2) is 4.11. The van der Waals surface area contributed by atoms with Crippen LogP contribution in [0.1, 0.15) is 38.4 Å². The zero-order valence-electron chi connectivity index (χ0n) is 8.29. The second-order valence-electron chi connectivity index (χ2n) is 3.56. The van der Waals surface area contributed by atoms with E-state index < -0.39 is 0 Å². The van der Waals surface area contributed by atoms with Crippen molar-refractivity contribution in [3.05, 3.63) is 16.9 Å². The molecule has 1 aromatic heterocycles. The molecule has 0 aliphatic carbocycles. The lowest BCUT2D eigenvalue weighted by Crippen LogP contribution is -2.19. The highest BCUT2D eigenvalue weighted by molar-refractivity contribution is 6.31. The number of rotatable bonds is 3. The molecule has 0 aliphatic rings. The fourth-order valence-electron chi connectivity index (χ4n) is 1.34. The molecule has 74 valence electrons. The van der Waals surface area contributed by atoms with E-state index in [-0.39, 0.29) is 6.04 Å². The summed E-state index contributed by atoms with van der Waals surface area (Å²) in [5.41, 5.74) is 6.65. The topological polar surface area (TPSA) is 43.8 Å². The van der Waals surface area contributed by atoms with Crippen molar-refractivity contribution >= 4 is 11.6 Å². The molecule has 2 N–H and O–H groups in total. The van der Waals surface area contributed by atoms with Crippen LogP contribution in [-0.4, -0.2) is 16.3 Å². The highest BCUT2D eigenvalue weighted by Crippen LogP contribution is 2.25. The van der Waals surface area contributed by atoms with E-state index in [4.69, 9.17) is 17.3 Å². The van der Waals surface area contributed by atoms with E-state index >= 15 is 0 Å². The molecule has 0 saturated heterocycles. The first-order chi connectivity index (χ1) is 6.07. The predicted octanol–water partition coefficient (Wildman–Crippen LogP) is 2.18. The predicted molar refractivity (Wildman–Crippen MR) is 55.1 cm³/mol. The van der Waals surface area contributed by atoms with Crippen LogP contribution in [0.15, 0.2) is 6.20 Å². The summed E-state index contributed by atoms with van der Waals surface area (Å²) in [7, 11) is 0. The van der Waals surface area contributed by atoms with Gasteiger partial charge < -0.3 is 5.73 Å². The quantitative estimate of drug-likeness (QED) is 0.815. The Labute approximate surface area is 83.9 Å². The minimum Gasteiger partial charge on any atom is -0.328 e. The van der Waals surface area contributed by atoms with Gasteiger partial charge in [-0.2, -0.15) is 5.10 Å². The Bertz CT molecular complexity index is 280. The molecule has 0 amide bonds. The molecule has 3 nitrogen and oxygen atoms in total. The minimum absolute atomic E-state index is 0.213. The van der Waals surface area contributed by atoms with E-state index in [1.807, 2.05) is 11.6 Å². The van der Waals surface area contributed by atoms with E-state index in [2.05, 4.69) is 18.9 Å². The summed E-state index contributed by atoms with van der Waals surface area (Å²) < 4.78 is 1.91.